The third kappa shape index (κ3) is 13.9. The van der Waals surface area contributed by atoms with Crippen molar-refractivity contribution in [1.82, 2.24) is 0 Å². The zero-order chi connectivity index (χ0) is 36.5. The molecule has 4 aromatic carbocycles. The largest absolute Gasteiger partial charge is 0.810 e. The summed E-state index contributed by atoms with van der Waals surface area (Å²) in [4.78, 5) is 0. The fourth-order valence-corrected chi connectivity index (χ4v) is 4.84. The summed E-state index contributed by atoms with van der Waals surface area (Å²) in [6, 6.07) is 28.4. The van der Waals surface area contributed by atoms with E-state index in [2.05, 4.69) is 120 Å². The first-order valence-corrected chi connectivity index (χ1v) is 16.6. The van der Waals surface area contributed by atoms with Crippen molar-refractivity contribution < 1.29 is 27.0 Å². The maximum absolute atomic E-state index is 10.1. The van der Waals surface area contributed by atoms with Gasteiger partial charge < -0.3 is 21.0 Å². The summed E-state index contributed by atoms with van der Waals surface area (Å²) in [5, 5.41) is 38.7. The predicted octanol–water partition coefficient (Wildman–Crippen LogP) is 11.9. The van der Waals surface area contributed by atoms with Crippen LogP contribution in [0.3, 0.4) is 0 Å². The third-order valence-electron chi connectivity index (χ3n) is 7.97. The number of halogens is 1. The Labute approximate surface area is 319 Å². The van der Waals surface area contributed by atoms with Crippen LogP contribution in [0.4, 0.5) is 0 Å². The maximum Gasteiger partial charge on any atom is 0.124 e. The molecule has 50 heavy (non-hydrogen) atoms. The number of aromatic hydroxyl groups is 2. The van der Waals surface area contributed by atoms with Crippen LogP contribution in [0.25, 0.3) is 10.8 Å². The first-order valence-electron chi connectivity index (χ1n) is 16.6. The Kier molecular flexibility index (Phi) is 17.7. The molecule has 0 spiro atoms. The minimum Gasteiger partial charge on any atom is -0.810 e. The summed E-state index contributed by atoms with van der Waals surface area (Å²) in [5.41, 5.74) is 7.08. The van der Waals surface area contributed by atoms with Gasteiger partial charge in [0.05, 0.1) is 0 Å². The molecule has 0 unspecified atom stereocenters. The molecule has 4 aromatic rings. The molecule has 4 rings (SSSR count). The van der Waals surface area contributed by atoms with Crippen LogP contribution >= 0.6 is 12.4 Å². The van der Waals surface area contributed by atoms with Crippen molar-refractivity contribution >= 4 is 24.8 Å². The number of phenols is 2. The Morgan fingerprint density at radius 3 is 0.980 bits per heavy atom. The van der Waals surface area contributed by atoms with Crippen molar-refractivity contribution in [2.45, 2.75) is 105 Å². The topological polar surface area (TPSA) is 85.1 Å². The van der Waals surface area contributed by atoms with Gasteiger partial charge in [-0.2, -0.15) is 36.7 Å². The molecule has 0 saturated heterocycles. The Morgan fingerprint density at radius 1 is 0.480 bits per heavy atom. The van der Waals surface area contributed by atoms with Crippen molar-refractivity contribution in [3.8, 4) is 11.5 Å². The van der Waals surface area contributed by atoms with Crippen LogP contribution in [0.5, 0.6) is 11.5 Å². The van der Waals surface area contributed by atoms with Gasteiger partial charge >= 0.3 is 0 Å². The average Bonchev–Trinajstić information content (AvgIpc) is 2.99. The zero-order valence-corrected chi connectivity index (χ0v) is 33.8. The van der Waals surface area contributed by atoms with Crippen molar-refractivity contribution in [3.63, 3.8) is 0 Å². The van der Waals surface area contributed by atoms with Gasteiger partial charge in [0.15, 0.2) is 0 Å². The van der Waals surface area contributed by atoms with Crippen LogP contribution in [0.1, 0.15) is 128 Å². The summed E-state index contributed by atoms with van der Waals surface area (Å²) in [6.07, 6.45) is 6.18. The molecular formula is C44H57ClCoN2O2-4. The van der Waals surface area contributed by atoms with Gasteiger partial charge in [0.1, 0.15) is 11.5 Å². The van der Waals surface area contributed by atoms with E-state index < -0.39 is 0 Å². The molecule has 0 atom stereocenters. The summed E-state index contributed by atoms with van der Waals surface area (Å²) in [7, 11) is 0. The van der Waals surface area contributed by atoms with Gasteiger partial charge in [-0.15, -0.1) is 36.7 Å². The molecule has 6 heteroatoms. The van der Waals surface area contributed by atoms with E-state index in [1.165, 1.54) is 11.1 Å². The van der Waals surface area contributed by atoms with Crippen LogP contribution < -0.4 is 0 Å². The molecular weight excluding hydrogens is 683 g/mol. The van der Waals surface area contributed by atoms with Gasteiger partial charge in [-0.3, -0.25) is 0 Å². The summed E-state index contributed by atoms with van der Waals surface area (Å²) >= 11 is 0. The molecule has 0 amide bonds. The van der Waals surface area contributed by atoms with Crippen LogP contribution in [0.15, 0.2) is 84.9 Å². The predicted molar refractivity (Wildman–Crippen MR) is 215 cm³/mol. The van der Waals surface area contributed by atoms with Crippen LogP contribution in [-0.2, 0) is 38.4 Å². The van der Waals surface area contributed by atoms with Gasteiger partial charge in [-0.25, -0.2) is 24.0 Å². The molecule has 2 N–H and O–H groups in total. The van der Waals surface area contributed by atoms with Crippen molar-refractivity contribution in [3.05, 3.63) is 153 Å². The van der Waals surface area contributed by atoms with Gasteiger partial charge in [0.2, 0.25) is 0 Å². The number of hydrogen-bond acceptors (Lipinski definition) is 2. The first kappa shape index (κ1) is 46.4. The normalized spacial score (nSPS) is 11.2. The van der Waals surface area contributed by atoms with E-state index >= 15 is 0 Å². The average molecular weight is 740 g/mol. The maximum atomic E-state index is 10.1. The second-order valence-electron chi connectivity index (χ2n) is 16.3. The van der Waals surface area contributed by atoms with Crippen LogP contribution in [0, 0.1) is 12.8 Å². The van der Waals surface area contributed by atoms with Crippen LogP contribution in [0.2, 0.25) is 0 Å². The van der Waals surface area contributed by atoms with Crippen molar-refractivity contribution in [2.24, 2.45) is 0 Å². The first-order chi connectivity index (χ1) is 22.1. The van der Waals surface area contributed by atoms with E-state index in [4.69, 9.17) is 0 Å². The van der Waals surface area contributed by atoms with E-state index in [9.17, 15) is 21.0 Å². The molecule has 0 bridgehead atoms. The van der Waals surface area contributed by atoms with E-state index in [0.29, 0.717) is 11.1 Å². The van der Waals surface area contributed by atoms with Gasteiger partial charge in [0, 0.05) is 27.9 Å². The Bertz CT molecular complexity index is 1520. The van der Waals surface area contributed by atoms with Crippen molar-refractivity contribution in [1.29, 1.82) is 0 Å². The Balaban J connectivity index is 0.000000709. The smallest absolute Gasteiger partial charge is 0.124 e. The van der Waals surface area contributed by atoms with E-state index in [1.807, 2.05) is 60.7 Å². The number of rotatable bonds is 5. The SMILES string of the molecule is CC(C)(C)c1cc(C=[N-])c(O)c(C(C)(C)C)c1.CC(C)(C)c1cc(C=[N-])c(O)c(C(C)(C)C)c1.Cl.[Co].c1ccc([CH-][CH-]c2ccccc2)cc1. The number of benzene rings is 4. The summed E-state index contributed by atoms with van der Waals surface area (Å²) in [6.45, 7) is 25.0. The zero-order valence-electron chi connectivity index (χ0n) is 31.9. The van der Waals surface area contributed by atoms with Crippen molar-refractivity contribution in [2.75, 3.05) is 0 Å². The molecule has 4 nitrogen and oxygen atoms in total. The molecule has 0 aromatic heterocycles. The van der Waals surface area contributed by atoms with E-state index in [0.717, 1.165) is 34.7 Å². The molecule has 0 aliphatic carbocycles. The number of nitrogens with zero attached hydrogens (tertiary/aromatic N) is 2. The standard InChI is InChI=1S/2C15H22NO.C14H12.ClH.Co/c2*1-14(2,3)11-7-10(9-16)13(17)12(8-11)15(4,5)6;1-3-7-13(8-4-1)11-12-14-9-5-2-6-10-14;;/h2*7-9,17H,1-6H3;1-12H;1H;/q2*-1;-2;;. The molecule has 0 fully saturated rings. The Hall–Kier alpha value is -3.64. The third-order valence-corrected chi connectivity index (χ3v) is 7.97. The molecule has 0 saturated carbocycles. The molecule has 0 aliphatic heterocycles. The second kappa shape index (κ2) is 19.1. The monoisotopic (exact) mass is 739 g/mol. The minimum absolute atomic E-state index is 0. The quantitative estimate of drug-likeness (QED) is 0.158. The van der Waals surface area contributed by atoms with Gasteiger partial charge in [-0.05, 0) is 56.0 Å². The number of hydrogen-bond donors (Lipinski definition) is 2. The van der Waals surface area contributed by atoms with Gasteiger partial charge in [-0.1, -0.05) is 107 Å². The molecule has 1 radical (unpaired) electrons. The van der Waals surface area contributed by atoms with Gasteiger partial charge in [0.25, 0.3) is 0 Å². The minimum atomic E-state index is -0.150. The fraction of sp³-hybridized carbons (Fsp3) is 0.364. The van der Waals surface area contributed by atoms with Crippen LogP contribution in [-0.4, -0.2) is 22.6 Å². The van der Waals surface area contributed by atoms with E-state index in [-0.39, 0.29) is 62.3 Å². The summed E-state index contributed by atoms with van der Waals surface area (Å²) < 4.78 is 0. The molecule has 275 valence electrons. The number of phenolic OH excluding ortho intramolecular Hbond substituents is 2. The second-order valence-corrected chi connectivity index (χ2v) is 16.3. The fourth-order valence-electron chi connectivity index (χ4n) is 4.84. The summed E-state index contributed by atoms with van der Waals surface area (Å²) in [5.74, 6) is 0.348. The van der Waals surface area contributed by atoms with E-state index in [1.54, 1.807) is 0 Å². The Morgan fingerprint density at radius 2 is 0.760 bits per heavy atom. The molecule has 0 heterocycles. The molecule has 0 aliphatic rings.